The van der Waals surface area contributed by atoms with E-state index in [4.69, 9.17) is 5.73 Å². The summed E-state index contributed by atoms with van der Waals surface area (Å²) in [6.45, 7) is 6.83. The Labute approximate surface area is 171 Å². The second kappa shape index (κ2) is 7.42. The number of hydrogen-bond donors (Lipinski definition) is 2. The summed E-state index contributed by atoms with van der Waals surface area (Å²) in [5, 5.41) is 9.98. The van der Waals surface area contributed by atoms with Crippen molar-refractivity contribution in [2.24, 2.45) is 16.8 Å². The zero-order valence-corrected chi connectivity index (χ0v) is 16.7. The minimum absolute atomic E-state index is 0.0682. The van der Waals surface area contributed by atoms with Gasteiger partial charge in [0.25, 0.3) is 0 Å². The van der Waals surface area contributed by atoms with Crippen molar-refractivity contribution in [1.82, 2.24) is 5.01 Å². The lowest BCUT2D eigenvalue weighted by Crippen LogP contribution is -2.49. The number of nitrogens with one attached hydrogen (secondary N) is 1. The van der Waals surface area contributed by atoms with E-state index in [9.17, 15) is 13.2 Å². The number of nitrogens with zero attached hydrogens (tertiary/aromatic N) is 2. The van der Waals surface area contributed by atoms with E-state index in [2.05, 4.69) is 17.0 Å². The van der Waals surface area contributed by atoms with E-state index in [-0.39, 0.29) is 17.3 Å². The first kappa shape index (κ1) is 19.8. The van der Waals surface area contributed by atoms with E-state index in [1.807, 2.05) is 0 Å². The van der Waals surface area contributed by atoms with Crippen LogP contribution in [-0.2, 0) is 4.87 Å². The van der Waals surface area contributed by atoms with Crippen molar-refractivity contribution in [1.29, 1.82) is 0 Å². The van der Waals surface area contributed by atoms with Gasteiger partial charge in [-0.05, 0) is 56.3 Å². The molecule has 2 aromatic carbocycles. The predicted molar refractivity (Wildman–Crippen MR) is 111 cm³/mol. The van der Waals surface area contributed by atoms with Crippen LogP contribution < -0.4 is 11.1 Å². The molecule has 0 amide bonds. The molecule has 0 aromatic heterocycles. The van der Waals surface area contributed by atoms with Crippen molar-refractivity contribution >= 4 is 22.5 Å². The van der Waals surface area contributed by atoms with Gasteiger partial charge in [0.1, 0.15) is 27.4 Å². The molecule has 152 valence electrons. The lowest BCUT2D eigenvalue weighted by atomic mass is 9.84. The highest BCUT2D eigenvalue weighted by molar-refractivity contribution is 8.15. The van der Waals surface area contributed by atoms with Crippen molar-refractivity contribution in [3.05, 3.63) is 77.3 Å². The zero-order valence-electron chi connectivity index (χ0n) is 15.9. The van der Waals surface area contributed by atoms with Crippen LogP contribution in [0.2, 0.25) is 0 Å². The molecule has 2 unspecified atom stereocenters. The molecule has 4 nitrogen and oxygen atoms in total. The van der Waals surface area contributed by atoms with Crippen LogP contribution in [-0.4, -0.2) is 23.1 Å². The molecule has 3 N–H and O–H groups in total. The Bertz CT molecular complexity index is 1010. The fourth-order valence-corrected chi connectivity index (χ4v) is 5.61. The molecule has 0 radical (unpaired) electrons. The molecule has 2 atom stereocenters. The van der Waals surface area contributed by atoms with Gasteiger partial charge in [-0.2, -0.15) is 5.10 Å². The maximum Gasteiger partial charge on any atom is 0.146 e. The van der Waals surface area contributed by atoms with E-state index in [0.29, 0.717) is 35.8 Å². The molecule has 2 aliphatic rings. The van der Waals surface area contributed by atoms with Gasteiger partial charge in [0.05, 0.1) is 0 Å². The van der Waals surface area contributed by atoms with Gasteiger partial charge in [-0.1, -0.05) is 18.3 Å². The van der Waals surface area contributed by atoms with Gasteiger partial charge in [-0.3, -0.25) is 0 Å². The molecule has 0 aliphatic carbocycles. The SMILES string of the molecule is C=C(C)N1N=C(c2cc(F)ccc2F)SC12c1cc(F)ccc1NCC2CCN. The summed E-state index contributed by atoms with van der Waals surface area (Å²) in [5.41, 5.74) is 8.02. The molecule has 2 aromatic rings. The number of fused-ring (bicyclic) bond motifs is 2. The molecule has 0 bridgehead atoms. The van der Waals surface area contributed by atoms with Crippen LogP contribution in [0.4, 0.5) is 18.9 Å². The molecule has 8 heteroatoms. The summed E-state index contributed by atoms with van der Waals surface area (Å²) < 4.78 is 42.6. The van der Waals surface area contributed by atoms with Crippen LogP contribution in [0.5, 0.6) is 0 Å². The van der Waals surface area contributed by atoms with Crippen LogP contribution in [0.1, 0.15) is 24.5 Å². The lowest BCUT2D eigenvalue weighted by Gasteiger charge is -2.47. The second-order valence-corrected chi connectivity index (χ2v) is 8.43. The minimum Gasteiger partial charge on any atom is -0.384 e. The maximum atomic E-state index is 14.5. The number of benzene rings is 2. The summed E-state index contributed by atoms with van der Waals surface area (Å²) in [7, 11) is 0. The molecule has 0 saturated heterocycles. The number of hydrazone groups is 1. The third kappa shape index (κ3) is 3.20. The lowest BCUT2D eigenvalue weighted by molar-refractivity contribution is 0.158. The number of allylic oxidation sites excluding steroid dienone is 1. The van der Waals surface area contributed by atoms with Gasteiger partial charge in [-0.15, -0.1) is 0 Å². The van der Waals surface area contributed by atoms with Crippen LogP contribution in [0.15, 0.2) is 53.8 Å². The predicted octanol–water partition coefficient (Wildman–Crippen LogP) is 4.59. The van der Waals surface area contributed by atoms with Crippen molar-refractivity contribution < 1.29 is 13.2 Å². The monoisotopic (exact) mass is 418 g/mol. The van der Waals surface area contributed by atoms with Gasteiger partial charge < -0.3 is 11.1 Å². The summed E-state index contributed by atoms with van der Waals surface area (Å²) in [5.74, 6) is -1.57. The Morgan fingerprint density at radius 2 is 2.00 bits per heavy atom. The first-order valence-corrected chi connectivity index (χ1v) is 10.1. The molecule has 1 spiro atoms. The van der Waals surface area contributed by atoms with Crippen molar-refractivity contribution in [2.45, 2.75) is 18.2 Å². The Morgan fingerprint density at radius 3 is 2.72 bits per heavy atom. The van der Waals surface area contributed by atoms with Crippen molar-refractivity contribution in [3.8, 4) is 0 Å². The quantitative estimate of drug-likeness (QED) is 0.763. The fourth-order valence-electron chi connectivity index (χ4n) is 4.00. The van der Waals surface area contributed by atoms with Crippen LogP contribution >= 0.6 is 11.8 Å². The summed E-state index contributed by atoms with van der Waals surface area (Å²) >= 11 is 1.29. The van der Waals surface area contributed by atoms with Gasteiger partial charge in [0.15, 0.2) is 0 Å². The topological polar surface area (TPSA) is 53.6 Å². The average molecular weight is 418 g/mol. The first-order valence-electron chi connectivity index (χ1n) is 9.29. The molecule has 29 heavy (non-hydrogen) atoms. The summed E-state index contributed by atoms with van der Waals surface area (Å²) in [6.07, 6.45) is 0.633. The Morgan fingerprint density at radius 1 is 1.28 bits per heavy atom. The number of halogens is 3. The molecule has 2 aliphatic heterocycles. The fraction of sp³-hybridized carbons (Fsp3) is 0.286. The molecule has 0 saturated carbocycles. The van der Waals surface area contributed by atoms with E-state index in [0.717, 1.165) is 23.9 Å². The van der Waals surface area contributed by atoms with Crippen LogP contribution in [0.3, 0.4) is 0 Å². The summed E-state index contributed by atoms with van der Waals surface area (Å²) in [6, 6.07) is 7.82. The van der Waals surface area contributed by atoms with Crippen LogP contribution in [0, 0.1) is 23.4 Å². The number of nitrogens with two attached hydrogens (primary N) is 1. The summed E-state index contributed by atoms with van der Waals surface area (Å²) in [4.78, 5) is -0.859. The van der Waals surface area contributed by atoms with Gasteiger partial charge in [0.2, 0.25) is 0 Å². The van der Waals surface area contributed by atoms with Gasteiger partial charge >= 0.3 is 0 Å². The van der Waals surface area contributed by atoms with Gasteiger partial charge in [0, 0.05) is 35.0 Å². The molecule has 4 rings (SSSR count). The normalized spacial score (nSPS) is 23.0. The Kier molecular flexibility index (Phi) is 5.08. The van der Waals surface area contributed by atoms with E-state index in [1.54, 1.807) is 18.0 Å². The molecule has 2 heterocycles. The average Bonchev–Trinajstić information content (AvgIpc) is 3.08. The third-order valence-corrected chi connectivity index (χ3v) is 6.79. The van der Waals surface area contributed by atoms with E-state index < -0.39 is 16.5 Å². The number of thioether (sulfide) groups is 1. The van der Waals surface area contributed by atoms with Crippen molar-refractivity contribution in [3.63, 3.8) is 0 Å². The standard InChI is InChI=1S/C21H21F3N4S/c1-12(2)28-21(29-20(27-28)16-9-14(22)3-5-18(16)24)13(7-8-25)11-26-19-6-4-15(23)10-17(19)21/h3-6,9-10,13,26H,1,7-8,11,25H2,2H3. The van der Waals surface area contributed by atoms with E-state index >= 15 is 0 Å². The zero-order chi connectivity index (χ0) is 20.8. The Hall–Kier alpha value is -2.45. The number of anilines is 1. The number of hydrogen-bond acceptors (Lipinski definition) is 5. The molecule has 0 fully saturated rings. The Balaban J connectivity index is 1.91. The van der Waals surface area contributed by atoms with Gasteiger partial charge in [-0.25, -0.2) is 18.2 Å². The maximum absolute atomic E-state index is 14.5. The molecular weight excluding hydrogens is 397 g/mol. The van der Waals surface area contributed by atoms with E-state index in [1.165, 1.54) is 23.9 Å². The number of rotatable bonds is 4. The van der Waals surface area contributed by atoms with Crippen molar-refractivity contribution in [2.75, 3.05) is 18.4 Å². The largest absolute Gasteiger partial charge is 0.384 e. The minimum atomic E-state index is -0.859. The first-order chi connectivity index (χ1) is 13.9. The smallest absolute Gasteiger partial charge is 0.146 e. The third-order valence-electron chi connectivity index (χ3n) is 5.25. The molecular formula is C21H21F3N4S. The highest BCUT2D eigenvalue weighted by atomic mass is 32.2. The second-order valence-electron chi connectivity index (χ2n) is 7.22. The highest BCUT2D eigenvalue weighted by Gasteiger charge is 2.54. The highest BCUT2D eigenvalue weighted by Crippen LogP contribution is 2.57. The van der Waals surface area contributed by atoms with Crippen LogP contribution in [0.25, 0.3) is 0 Å².